The first-order chi connectivity index (χ1) is 11.1. The highest BCUT2D eigenvalue weighted by atomic mass is 32.1. The maximum Gasteiger partial charge on any atom is 0.348 e. The van der Waals surface area contributed by atoms with Gasteiger partial charge in [0.05, 0.1) is 0 Å². The van der Waals surface area contributed by atoms with E-state index in [9.17, 15) is 9.59 Å². The van der Waals surface area contributed by atoms with Gasteiger partial charge in [0.2, 0.25) is 5.91 Å². The molecule has 1 aromatic heterocycles. The molecule has 23 heavy (non-hydrogen) atoms. The largest absolute Gasteiger partial charge is 0.457 e. The van der Waals surface area contributed by atoms with E-state index in [-0.39, 0.29) is 12.6 Å². The van der Waals surface area contributed by atoms with Crippen LogP contribution in [0.4, 0.5) is 0 Å². The van der Waals surface area contributed by atoms with E-state index in [1.54, 1.807) is 24.3 Å². The number of fused-ring (bicyclic) bond motifs is 1. The van der Waals surface area contributed by atoms with Crippen molar-refractivity contribution in [3.05, 3.63) is 70.1 Å². The number of amides is 1. The fourth-order valence-electron chi connectivity index (χ4n) is 2.35. The summed E-state index contributed by atoms with van der Waals surface area (Å²) in [6.07, 6.45) is 0. The first-order valence-corrected chi connectivity index (χ1v) is 7.92. The average Bonchev–Trinajstić information content (AvgIpc) is 2.90. The zero-order valence-corrected chi connectivity index (χ0v) is 13.4. The van der Waals surface area contributed by atoms with Gasteiger partial charge >= 0.3 is 5.97 Å². The number of esters is 1. The van der Waals surface area contributed by atoms with Crippen molar-refractivity contribution in [3.63, 3.8) is 0 Å². The molecule has 0 saturated heterocycles. The number of benzene rings is 2. The third-order valence-corrected chi connectivity index (χ3v) is 4.89. The molecule has 2 N–H and O–H groups in total. The van der Waals surface area contributed by atoms with Crippen molar-refractivity contribution in [1.29, 1.82) is 0 Å². The molecule has 0 fully saturated rings. The highest BCUT2D eigenvalue weighted by molar-refractivity contribution is 7.21. The Kier molecular flexibility index (Phi) is 4.12. The van der Waals surface area contributed by atoms with E-state index in [4.69, 9.17) is 10.5 Å². The smallest absolute Gasteiger partial charge is 0.348 e. The van der Waals surface area contributed by atoms with Gasteiger partial charge in [-0.15, -0.1) is 11.3 Å². The lowest BCUT2D eigenvalue weighted by atomic mass is 10.1. The minimum absolute atomic E-state index is 0.158. The Morgan fingerprint density at radius 3 is 2.43 bits per heavy atom. The second kappa shape index (κ2) is 6.22. The molecule has 3 rings (SSSR count). The Labute approximate surface area is 137 Å². The first-order valence-electron chi connectivity index (χ1n) is 7.10. The summed E-state index contributed by atoms with van der Waals surface area (Å²) in [7, 11) is 0. The summed E-state index contributed by atoms with van der Waals surface area (Å²) in [5, 5.41) is 1.08. The van der Waals surface area contributed by atoms with Crippen LogP contribution in [-0.2, 0) is 11.3 Å². The molecule has 1 heterocycles. The number of hydrogen-bond donors (Lipinski definition) is 1. The molecular formula is C18H15NO3S. The molecule has 116 valence electrons. The van der Waals surface area contributed by atoms with Gasteiger partial charge < -0.3 is 10.5 Å². The number of aryl methyl sites for hydroxylation is 1. The topological polar surface area (TPSA) is 69.4 Å². The number of thiophene rings is 1. The number of carbonyl (C=O) groups excluding carboxylic acids is 2. The van der Waals surface area contributed by atoms with E-state index < -0.39 is 5.91 Å². The number of rotatable bonds is 4. The summed E-state index contributed by atoms with van der Waals surface area (Å²) < 4.78 is 6.45. The molecule has 3 aromatic rings. The highest BCUT2D eigenvalue weighted by Gasteiger charge is 2.16. The van der Waals surface area contributed by atoms with Gasteiger partial charge in [0.25, 0.3) is 0 Å². The molecule has 0 aliphatic carbocycles. The first kappa shape index (κ1) is 15.2. The van der Waals surface area contributed by atoms with Crippen molar-refractivity contribution < 1.29 is 14.3 Å². The highest BCUT2D eigenvalue weighted by Crippen LogP contribution is 2.31. The number of nitrogens with two attached hydrogens (primary N) is 1. The monoisotopic (exact) mass is 325 g/mol. The van der Waals surface area contributed by atoms with Crippen LogP contribution in [0.25, 0.3) is 10.1 Å². The Morgan fingerprint density at radius 1 is 1.09 bits per heavy atom. The summed E-state index contributed by atoms with van der Waals surface area (Å²) in [6.45, 7) is 2.09. The molecule has 0 saturated carbocycles. The van der Waals surface area contributed by atoms with Crippen LogP contribution in [-0.4, -0.2) is 11.9 Å². The zero-order chi connectivity index (χ0) is 16.4. The van der Waals surface area contributed by atoms with Gasteiger partial charge in [-0.2, -0.15) is 0 Å². The van der Waals surface area contributed by atoms with Crippen molar-refractivity contribution in [3.8, 4) is 0 Å². The summed E-state index contributed by atoms with van der Waals surface area (Å²) >= 11 is 1.44. The van der Waals surface area contributed by atoms with E-state index in [0.29, 0.717) is 10.4 Å². The molecule has 0 atom stereocenters. The van der Waals surface area contributed by atoms with Gasteiger partial charge in [0.15, 0.2) is 0 Å². The number of hydrogen-bond acceptors (Lipinski definition) is 4. The van der Waals surface area contributed by atoms with E-state index in [0.717, 1.165) is 21.2 Å². The predicted octanol–water partition coefficient (Wildman–Crippen LogP) is 3.67. The van der Waals surface area contributed by atoms with Crippen LogP contribution in [0.1, 0.15) is 31.2 Å². The molecule has 4 nitrogen and oxygen atoms in total. The van der Waals surface area contributed by atoms with Crippen LogP contribution in [0.3, 0.4) is 0 Å². The maximum atomic E-state index is 12.3. The Morgan fingerprint density at radius 2 is 1.78 bits per heavy atom. The Balaban J connectivity index is 1.73. The van der Waals surface area contributed by atoms with E-state index in [1.807, 2.05) is 31.2 Å². The van der Waals surface area contributed by atoms with Crippen molar-refractivity contribution >= 4 is 33.3 Å². The van der Waals surface area contributed by atoms with Gasteiger partial charge in [-0.25, -0.2) is 4.79 Å². The van der Waals surface area contributed by atoms with Gasteiger partial charge in [-0.05, 0) is 41.6 Å². The Bertz CT molecular complexity index is 881. The van der Waals surface area contributed by atoms with E-state index in [1.165, 1.54) is 11.3 Å². The lowest BCUT2D eigenvalue weighted by molar-refractivity contribution is 0.0477. The van der Waals surface area contributed by atoms with Crippen molar-refractivity contribution in [2.45, 2.75) is 13.5 Å². The second-order valence-electron chi connectivity index (χ2n) is 5.19. The quantitative estimate of drug-likeness (QED) is 0.744. The molecule has 0 aliphatic rings. The van der Waals surface area contributed by atoms with Crippen LogP contribution >= 0.6 is 11.3 Å². The summed E-state index contributed by atoms with van der Waals surface area (Å²) in [5.41, 5.74) is 7.38. The normalized spacial score (nSPS) is 10.7. The number of primary amides is 1. The van der Waals surface area contributed by atoms with Gasteiger partial charge in [-0.1, -0.05) is 30.3 Å². The van der Waals surface area contributed by atoms with Crippen LogP contribution in [0, 0.1) is 6.92 Å². The molecule has 1 amide bonds. The fraction of sp³-hybridized carbons (Fsp3) is 0.111. The third-order valence-electron chi connectivity index (χ3n) is 3.64. The molecule has 0 aliphatic heterocycles. The van der Waals surface area contributed by atoms with Crippen LogP contribution in [0.5, 0.6) is 0 Å². The van der Waals surface area contributed by atoms with Crippen molar-refractivity contribution in [2.24, 2.45) is 5.73 Å². The van der Waals surface area contributed by atoms with Gasteiger partial charge in [0, 0.05) is 10.3 Å². The van der Waals surface area contributed by atoms with E-state index >= 15 is 0 Å². The van der Waals surface area contributed by atoms with Gasteiger partial charge in [0.1, 0.15) is 11.5 Å². The number of ether oxygens (including phenoxy) is 1. The second-order valence-corrected chi connectivity index (χ2v) is 6.24. The maximum absolute atomic E-state index is 12.3. The van der Waals surface area contributed by atoms with Crippen LogP contribution in [0.2, 0.25) is 0 Å². The molecule has 0 unspecified atom stereocenters. The predicted molar refractivity (Wildman–Crippen MR) is 90.6 cm³/mol. The SMILES string of the molecule is Cc1c(C(=O)OCc2ccc(C(N)=O)cc2)sc2ccccc12. The summed E-state index contributed by atoms with van der Waals surface area (Å²) in [6, 6.07) is 14.6. The molecule has 5 heteroatoms. The molecular weight excluding hydrogens is 310 g/mol. The van der Waals surface area contributed by atoms with Gasteiger partial charge in [-0.3, -0.25) is 4.79 Å². The molecule has 0 spiro atoms. The Hall–Kier alpha value is -2.66. The average molecular weight is 325 g/mol. The van der Waals surface area contributed by atoms with Crippen LogP contribution in [0.15, 0.2) is 48.5 Å². The fourth-order valence-corrected chi connectivity index (χ4v) is 3.45. The minimum Gasteiger partial charge on any atom is -0.457 e. The lowest BCUT2D eigenvalue weighted by Crippen LogP contribution is -2.10. The standard InChI is InChI=1S/C18H15NO3S/c1-11-14-4-2-3-5-15(14)23-16(11)18(21)22-10-12-6-8-13(9-7-12)17(19)20/h2-9H,10H2,1H3,(H2,19,20). The molecule has 0 bridgehead atoms. The minimum atomic E-state index is -0.477. The van der Waals surface area contributed by atoms with Crippen molar-refractivity contribution in [2.75, 3.05) is 0 Å². The summed E-state index contributed by atoms with van der Waals surface area (Å²) in [4.78, 5) is 23.9. The summed E-state index contributed by atoms with van der Waals surface area (Å²) in [5.74, 6) is -0.808. The van der Waals surface area contributed by atoms with E-state index in [2.05, 4.69) is 0 Å². The molecule has 0 radical (unpaired) electrons. The number of carbonyl (C=O) groups is 2. The zero-order valence-electron chi connectivity index (χ0n) is 12.5. The molecule has 2 aromatic carbocycles. The lowest BCUT2D eigenvalue weighted by Gasteiger charge is -2.05. The van der Waals surface area contributed by atoms with Crippen LogP contribution < -0.4 is 5.73 Å². The van der Waals surface area contributed by atoms with Crippen molar-refractivity contribution in [1.82, 2.24) is 0 Å². The third kappa shape index (κ3) is 3.10.